The van der Waals surface area contributed by atoms with E-state index < -0.39 is 5.75 Å². The molecule has 1 rings (SSSR count). The van der Waals surface area contributed by atoms with Crippen LogP contribution in [0.15, 0.2) is 17.2 Å². The van der Waals surface area contributed by atoms with Crippen LogP contribution >= 0.6 is 0 Å². The molecule has 5 heteroatoms. The van der Waals surface area contributed by atoms with Crippen LogP contribution in [0.4, 0.5) is 0 Å². The molecule has 5 nitrogen and oxygen atoms in total. The largest absolute Gasteiger partial charge is 0.504 e. The monoisotopic (exact) mass is 196 g/mol. The van der Waals surface area contributed by atoms with Gasteiger partial charge in [-0.1, -0.05) is 0 Å². The van der Waals surface area contributed by atoms with E-state index in [1.165, 1.54) is 18.3 Å². The average molecular weight is 196 g/mol. The molecule has 1 aromatic rings. The number of benzene rings is 1. The highest BCUT2D eigenvalue weighted by Crippen LogP contribution is 2.36. The Morgan fingerprint density at radius 3 is 2.36 bits per heavy atom. The lowest BCUT2D eigenvalue weighted by Gasteiger charge is -2.05. The van der Waals surface area contributed by atoms with E-state index in [-0.39, 0.29) is 11.5 Å². The van der Waals surface area contributed by atoms with Gasteiger partial charge >= 0.3 is 0 Å². The van der Waals surface area contributed by atoms with E-state index >= 15 is 0 Å². The van der Waals surface area contributed by atoms with Crippen molar-refractivity contribution in [3.8, 4) is 17.2 Å². The van der Waals surface area contributed by atoms with Crippen LogP contribution in [0.25, 0.3) is 0 Å². The molecular formula is C9H12N2O3. The van der Waals surface area contributed by atoms with Crippen LogP contribution in [-0.2, 0) is 0 Å². The summed E-state index contributed by atoms with van der Waals surface area (Å²) in [6.07, 6.45) is 1.38. The highest BCUT2D eigenvalue weighted by molar-refractivity contribution is 5.85. The number of aromatic hydroxyl groups is 3. The molecule has 0 saturated carbocycles. The van der Waals surface area contributed by atoms with Crippen molar-refractivity contribution in [3.05, 3.63) is 17.7 Å². The highest BCUT2D eigenvalue weighted by Gasteiger charge is 2.08. The van der Waals surface area contributed by atoms with Gasteiger partial charge in [-0.05, 0) is 12.1 Å². The van der Waals surface area contributed by atoms with Gasteiger partial charge in [-0.15, -0.1) is 0 Å². The van der Waals surface area contributed by atoms with E-state index in [4.69, 9.17) is 5.11 Å². The van der Waals surface area contributed by atoms with Crippen molar-refractivity contribution in [2.75, 3.05) is 14.1 Å². The Hall–Kier alpha value is -1.91. The standard InChI is InChI=1S/C9H12N2O3/c1-11(2)10-5-6-3-4-7(12)9(14)8(6)13/h3-5,12-14H,1-2H3. The SMILES string of the molecule is CN(C)N=Cc1ccc(O)c(O)c1O. The Kier molecular flexibility index (Phi) is 2.81. The second-order valence-corrected chi connectivity index (χ2v) is 2.96. The molecule has 0 unspecified atom stereocenters. The van der Waals surface area contributed by atoms with E-state index in [2.05, 4.69) is 5.10 Å². The summed E-state index contributed by atoms with van der Waals surface area (Å²) < 4.78 is 0. The molecule has 0 bridgehead atoms. The van der Waals surface area contributed by atoms with Crippen molar-refractivity contribution in [1.82, 2.24) is 5.01 Å². The van der Waals surface area contributed by atoms with E-state index in [1.807, 2.05) is 0 Å². The van der Waals surface area contributed by atoms with E-state index in [1.54, 1.807) is 19.1 Å². The minimum absolute atomic E-state index is 0.342. The Balaban J connectivity index is 3.06. The fraction of sp³-hybridized carbons (Fsp3) is 0.222. The molecule has 14 heavy (non-hydrogen) atoms. The molecule has 1 aromatic carbocycles. The third-order valence-corrected chi connectivity index (χ3v) is 1.59. The predicted molar refractivity (Wildman–Crippen MR) is 52.7 cm³/mol. The molecule has 0 saturated heterocycles. The average Bonchev–Trinajstić information content (AvgIpc) is 2.13. The van der Waals surface area contributed by atoms with Crippen molar-refractivity contribution in [1.29, 1.82) is 0 Å². The molecule has 3 N–H and O–H groups in total. The molecule has 0 aliphatic carbocycles. The first-order valence-corrected chi connectivity index (χ1v) is 3.97. The molecule has 0 aliphatic rings. The van der Waals surface area contributed by atoms with Crippen molar-refractivity contribution in [3.63, 3.8) is 0 Å². The third-order valence-electron chi connectivity index (χ3n) is 1.59. The van der Waals surface area contributed by atoms with Gasteiger partial charge < -0.3 is 20.3 Å². The van der Waals surface area contributed by atoms with Gasteiger partial charge in [-0.25, -0.2) is 0 Å². The summed E-state index contributed by atoms with van der Waals surface area (Å²) in [5.74, 6) is -1.27. The Bertz CT molecular complexity index is 361. The van der Waals surface area contributed by atoms with Crippen molar-refractivity contribution >= 4 is 6.21 Å². The second kappa shape index (κ2) is 3.87. The van der Waals surface area contributed by atoms with Crippen LogP contribution in [0.3, 0.4) is 0 Å². The maximum Gasteiger partial charge on any atom is 0.200 e. The molecule has 76 valence electrons. The zero-order valence-electron chi connectivity index (χ0n) is 7.97. The normalized spacial score (nSPS) is 10.7. The van der Waals surface area contributed by atoms with Gasteiger partial charge in [-0.2, -0.15) is 5.10 Å². The molecule has 0 radical (unpaired) electrons. The summed E-state index contributed by atoms with van der Waals surface area (Å²) in [5.41, 5.74) is 0.342. The van der Waals surface area contributed by atoms with Crippen LogP contribution in [-0.4, -0.2) is 40.6 Å². The van der Waals surface area contributed by atoms with Gasteiger partial charge in [0.25, 0.3) is 0 Å². The van der Waals surface area contributed by atoms with Crippen LogP contribution < -0.4 is 0 Å². The lowest BCUT2D eigenvalue weighted by molar-refractivity contribution is 0.367. The van der Waals surface area contributed by atoms with Gasteiger partial charge in [0.2, 0.25) is 5.75 Å². The fourth-order valence-corrected chi connectivity index (χ4v) is 0.866. The molecule has 0 heterocycles. The quantitative estimate of drug-likeness (QED) is 0.369. The maximum absolute atomic E-state index is 9.37. The number of hydrazone groups is 1. The van der Waals surface area contributed by atoms with Gasteiger partial charge in [0.05, 0.1) is 6.21 Å². The third kappa shape index (κ3) is 2.07. The second-order valence-electron chi connectivity index (χ2n) is 2.96. The zero-order valence-corrected chi connectivity index (χ0v) is 7.97. The van der Waals surface area contributed by atoms with E-state index in [0.29, 0.717) is 5.56 Å². The van der Waals surface area contributed by atoms with E-state index in [0.717, 1.165) is 0 Å². The molecule has 0 fully saturated rings. The van der Waals surface area contributed by atoms with Crippen molar-refractivity contribution in [2.45, 2.75) is 0 Å². The molecule has 0 aliphatic heterocycles. The van der Waals surface area contributed by atoms with Gasteiger partial charge in [0.1, 0.15) is 0 Å². The minimum atomic E-state index is -0.535. The first-order valence-electron chi connectivity index (χ1n) is 3.97. The van der Waals surface area contributed by atoms with Crippen molar-refractivity contribution in [2.24, 2.45) is 5.10 Å². The number of nitrogens with zero attached hydrogens (tertiary/aromatic N) is 2. The summed E-state index contributed by atoms with van der Waals surface area (Å²) in [5, 5.41) is 33.0. The van der Waals surface area contributed by atoms with Gasteiger partial charge in [0.15, 0.2) is 11.5 Å². The number of phenolic OH excluding ortho intramolecular Hbond substituents is 3. The van der Waals surface area contributed by atoms with Crippen LogP contribution in [0.5, 0.6) is 17.2 Å². The van der Waals surface area contributed by atoms with Crippen LogP contribution in [0.2, 0.25) is 0 Å². The summed E-state index contributed by atoms with van der Waals surface area (Å²) in [6, 6.07) is 2.74. The summed E-state index contributed by atoms with van der Waals surface area (Å²) >= 11 is 0. The predicted octanol–water partition coefficient (Wildman–Crippen LogP) is 0.699. The molecule has 0 aromatic heterocycles. The fourth-order valence-electron chi connectivity index (χ4n) is 0.866. The molecule has 0 spiro atoms. The Labute approximate surface area is 81.5 Å². The smallest absolute Gasteiger partial charge is 0.200 e. The summed E-state index contributed by atoms with van der Waals surface area (Å²) in [7, 11) is 3.46. The van der Waals surface area contributed by atoms with Crippen LogP contribution in [0.1, 0.15) is 5.56 Å². The van der Waals surface area contributed by atoms with Crippen LogP contribution in [0, 0.1) is 0 Å². The minimum Gasteiger partial charge on any atom is -0.504 e. The first-order chi connectivity index (χ1) is 6.52. The number of rotatable bonds is 2. The number of phenols is 3. The first kappa shape index (κ1) is 10.2. The topological polar surface area (TPSA) is 76.3 Å². The lowest BCUT2D eigenvalue weighted by atomic mass is 10.2. The number of hydrogen-bond acceptors (Lipinski definition) is 5. The molecular weight excluding hydrogens is 184 g/mol. The Morgan fingerprint density at radius 1 is 1.14 bits per heavy atom. The zero-order chi connectivity index (χ0) is 10.7. The van der Waals surface area contributed by atoms with E-state index in [9.17, 15) is 10.2 Å². The van der Waals surface area contributed by atoms with Gasteiger partial charge in [0, 0.05) is 19.7 Å². The van der Waals surface area contributed by atoms with Gasteiger partial charge in [-0.3, -0.25) is 0 Å². The highest BCUT2D eigenvalue weighted by atomic mass is 16.3. The van der Waals surface area contributed by atoms with Crippen molar-refractivity contribution < 1.29 is 15.3 Å². The molecule has 0 atom stereocenters. The summed E-state index contributed by atoms with van der Waals surface area (Å²) in [6.45, 7) is 0. The molecule has 0 amide bonds. The maximum atomic E-state index is 9.37. The lowest BCUT2D eigenvalue weighted by Crippen LogP contribution is -2.01. The number of hydrogen-bond donors (Lipinski definition) is 3. The Morgan fingerprint density at radius 2 is 1.79 bits per heavy atom. The summed E-state index contributed by atoms with van der Waals surface area (Å²) in [4.78, 5) is 0.